The standard InChI is InChI=1S/C14H23BrN2S/c1-4-10(2)14-8-17(11(3)6-16-14)7-13-5-12(15)9-18-13/h5,9-11,14,16H,4,6-8H2,1-3H3. The first-order valence-electron chi connectivity index (χ1n) is 6.80. The maximum atomic E-state index is 3.69. The highest BCUT2D eigenvalue weighted by Crippen LogP contribution is 2.23. The third kappa shape index (κ3) is 3.56. The number of halogens is 1. The summed E-state index contributed by atoms with van der Waals surface area (Å²) in [6.45, 7) is 10.3. The van der Waals surface area contributed by atoms with Crippen molar-refractivity contribution in [1.29, 1.82) is 0 Å². The lowest BCUT2D eigenvalue weighted by atomic mass is 9.95. The van der Waals surface area contributed by atoms with Crippen LogP contribution in [0.1, 0.15) is 32.1 Å². The molecule has 2 rings (SSSR count). The van der Waals surface area contributed by atoms with Crippen LogP contribution in [-0.2, 0) is 6.54 Å². The summed E-state index contributed by atoms with van der Waals surface area (Å²) in [4.78, 5) is 4.07. The van der Waals surface area contributed by atoms with Gasteiger partial charge in [-0.25, -0.2) is 0 Å². The van der Waals surface area contributed by atoms with Crippen molar-refractivity contribution in [3.8, 4) is 0 Å². The van der Waals surface area contributed by atoms with Crippen molar-refractivity contribution in [2.45, 2.75) is 45.8 Å². The monoisotopic (exact) mass is 330 g/mol. The van der Waals surface area contributed by atoms with E-state index in [2.05, 4.69) is 58.4 Å². The predicted octanol–water partition coefficient (Wildman–Crippen LogP) is 3.72. The van der Waals surface area contributed by atoms with Gasteiger partial charge in [-0.2, -0.15) is 0 Å². The normalized spacial score (nSPS) is 27.3. The lowest BCUT2D eigenvalue weighted by molar-refractivity contribution is 0.113. The molecule has 18 heavy (non-hydrogen) atoms. The molecule has 0 aliphatic carbocycles. The van der Waals surface area contributed by atoms with Gasteiger partial charge in [-0.3, -0.25) is 4.90 Å². The van der Waals surface area contributed by atoms with Crippen molar-refractivity contribution in [2.75, 3.05) is 13.1 Å². The van der Waals surface area contributed by atoms with Crippen LogP contribution >= 0.6 is 27.3 Å². The molecule has 0 amide bonds. The summed E-state index contributed by atoms with van der Waals surface area (Å²) in [6, 6.07) is 3.53. The Labute approximate surface area is 123 Å². The summed E-state index contributed by atoms with van der Waals surface area (Å²) >= 11 is 5.39. The van der Waals surface area contributed by atoms with Gasteiger partial charge in [0.15, 0.2) is 0 Å². The molecule has 0 saturated carbocycles. The van der Waals surface area contributed by atoms with Crippen LogP contribution in [0.2, 0.25) is 0 Å². The Bertz CT molecular complexity index is 380. The molecule has 2 nitrogen and oxygen atoms in total. The van der Waals surface area contributed by atoms with Gasteiger partial charge in [0.05, 0.1) is 0 Å². The minimum atomic E-state index is 0.631. The summed E-state index contributed by atoms with van der Waals surface area (Å²) in [7, 11) is 0. The van der Waals surface area contributed by atoms with Crippen molar-refractivity contribution in [3.05, 3.63) is 20.8 Å². The first-order chi connectivity index (χ1) is 8.60. The molecule has 1 saturated heterocycles. The zero-order chi connectivity index (χ0) is 13.1. The fourth-order valence-corrected chi connectivity index (χ4v) is 3.95. The highest BCUT2D eigenvalue weighted by molar-refractivity contribution is 9.10. The molecule has 1 aliphatic heterocycles. The maximum absolute atomic E-state index is 3.69. The van der Waals surface area contributed by atoms with Crippen LogP contribution in [0.5, 0.6) is 0 Å². The Kier molecular flexibility index (Phi) is 5.24. The third-order valence-electron chi connectivity index (χ3n) is 4.04. The first-order valence-corrected chi connectivity index (χ1v) is 8.47. The zero-order valence-corrected chi connectivity index (χ0v) is 13.9. The van der Waals surface area contributed by atoms with Crippen molar-refractivity contribution >= 4 is 27.3 Å². The van der Waals surface area contributed by atoms with E-state index in [0.717, 1.165) is 19.0 Å². The fourth-order valence-electron chi connectivity index (χ4n) is 2.47. The molecule has 0 radical (unpaired) electrons. The summed E-state index contributed by atoms with van der Waals surface area (Å²) < 4.78 is 1.21. The van der Waals surface area contributed by atoms with Crippen molar-refractivity contribution in [3.63, 3.8) is 0 Å². The fraction of sp³-hybridized carbons (Fsp3) is 0.714. The second-order valence-corrected chi connectivity index (χ2v) is 7.32. The van der Waals surface area contributed by atoms with Gasteiger partial charge in [-0.1, -0.05) is 20.3 Å². The van der Waals surface area contributed by atoms with Crippen LogP contribution in [-0.4, -0.2) is 30.1 Å². The van der Waals surface area contributed by atoms with E-state index >= 15 is 0 Å². The van der Waals surface area contributed by atoms with E-state index in [0.29, 0.717) is 12.1 Å². The summed E-state index contributed by atoms with van der Waals surface area (Å²) in [5.74, 6) is 0.759. The molecule has 1 fully saturated rings. The highest BCUT2D eigenvalue weighted by atomic mass is 79.9. The van der Waals surface area contributed by atoms with E-state index in [9.17, 15) is 0 Å². The molecular weight excluding hydrogens is 308 g/mol. The highest BCUT2D eigenvalue weighted by Gasteiger charge is 2.27. The number of nitrogens with zero attached hydrogens (tertiary/aromatic N) is 1. The number of hydrogen-bond donors (Lipinski definition) is 1. The maximum Gasteiger partial charge on any atom is 0.0332 e. The molecule has 4 heteroatoms. The average molecular weight is 331 g/mol. The van der Waals surface area contributed by atoms with Crippen LogP contribution in [0.25, 0.3) is 0 Å². The van der Waals surface area contributed by atoms with Crippen LogP contribution in [0.15, 0.2) is 15.9 Å². The first kappa shape index (κ1) is 14.5. The second kappa shape index (κ2) is 6.51. The second-order valence-electron chi connectivity index (χ2n) is 5.41. The summed E-state index contributed by atoms with van der Waals surface area (Å²) in [5, 5.41) is 5.87. The predicted molar refractivity (Wildman–Crippen MR) is 83.1 cm³/mol. The van der Waals surface area contributed by atoms with Gasteiger partial charge in [0, 0.05) is 46.4 Å². The third-order valence-corrected chi connectivity index (χ3v) is 5.72. The molecule has 3 atom stereocenters. The molecule has 0 spiro atoms. The van der Waals surface area contributed by atoms with Crippen LogP contribution in [0.3, 0.4) is 0 Å². The Balaban J connectivity index is 1.97. The Morgan fingerprint density at radius 1 is 1.61 bits per heavy atom. The van der Waals surface area contributed by atoms with Crippen LogP contribution in [0, 0.1) is 5.92 Å². The number of rotatable bonds is 4. The van der Waals surface area contributed by atoms with Gasteiger partial charge in [0.1, 0.15) is 0 Å². The lowest BCUT2D eigenvalue weighted by Gasteiger charge is -2.40. The quantitative estimate of drug-likeness (QED) is 0.905. The SMILES string of the molecule is CCC(C)C1CN(Cc2cc(Br)cs2)C(C)CN1. The van der Waals surface area contributed by atoms with Gasteiger partial charge in [-0.05, 0) is 34.8 Å². The molecule has 0 bridgehead atoms. The summed E-state index contributed by atoms with van der Waals surface area (Å²) in [6.07, 6.45) is 1.25. The lowest BCUT2D eigenvalue weighted by Crippen LogP contribution is -2.56. The van der Waals surface area contributed by atoms with Crippen molar-refractivity contribution in [1.82, 2.24) is 10.2 Å². The Morgan fingerprint density at radius 2 is 2.39 bits per heavy atom. The molecule has 3 unspecified atom stereocenters. The van der Waals surface area contributed by atoms with Gasteiger partial charge in [0.2, 0.25) is 0 Å². The van der Waals surface area contributed by atoms with Crippen LogP contribution in [0.4, 0.5) is 0 Å². The van der Waals surface area contributed by atoms with Gasteiger partial charge in [0.25, 0.3) is 0 Å². The van der Waals surface area contributed by atoms with Gasteiger partial charge >= 0.3 is 0 Å². The molecule has 1 aromatic rings. The Morgan fingerprint density at radius 3 is 3.00 bits per heavy atom. The summed E-state index contributed by atoms with van der Waals surface area (Å²) in [5.41, 5.74) is 0. The largest absolute Gasteiger partial charge is 0.311 e. The zero-order valence-electron chi connectivity index (χ0n) is 11.4. The Hall–Kier alpha value is 0.1000. The molecule has 2 heterocycles. The molecule has 102 valence electrons. The average Bonchev–Trinajstić information content (AvgIpc) is 2.76. The van der Waals surface area contributed by atoms with Crippen molar-refractivity contribution < 1.29 is 0 Å². The molecule has 1 N–H and O–H groups in total. The number of nitrogens with one attached hydrogen (secondary N) is 1. The molecule has 1 aromatic heterocycles. The van der Waals surface area contributed by atoms with E-state index in [1.807, 2.05) is 11.3 Å². The molecular formula is C14H23BrN2S. The smallest absolute Gasteiger partial charge is 0.0332 e. The topological polar surface area (TPSA) is 15.3 Å². The van der Waals surface area contributed by atoms with E-state index in [1.54, 1.807) is 0 Å². The van der Waals surface area contributed by atoms with E-state index in [1.165, 1.54) is 22.3 Å². The van der Waals surface area contributed by atoms with E-state index in [4.69, 9.17) is 0 Å². The van der Waals surface area contributed by atoms with Crippen LogP contribution < -0.4 is 5.32 Å². The van der Waals surface area contributed by atoms with Gasteiger partial charge in [-0.15, -0.1) is 11.3 Å². The van der Waals surface area contributed by atoms with E-state index in [-0.39, 0.29) is 0 Å². The number of piperazine rings is 1. The number of thiophene rings is 1. The minimum absolute atomic E-state index is 0.631. The molecule has 1 aliphatic rings. The number of hydrogen-bond acceptors (Lipinski definition) is 3. The minimum Gasteiger partial charge on any atom is -0.311 e. The van der Waals surface area contributed by atoms with E-state index < -0.39 is 0 Å². The molecule has 0 aromatic carbocycles. The van der Waals surface area contributed by atoms with Crippen molar-refractivity contribution in [2.24, 2.45) is 5.92 Å². The van der Waals surface area contributed by atoms with Gasteiger partial charge < -0.3 is 5.32 Å².